The van der Waals surface area contributed by atoms with Crippen LogP contribution >= 0.6 is 0 Å². The number of hydrogen-bond donors (Lipinski definition) is 3. The molecule has 1 saturated carbocycles. The van der Waals surface area contributed by atoms with Gasteiger partial charge in [0, 0.05) is 12.5 Å². The fourth-order valence-electron chi connectivity index (χ4n) is 1.83. The Kier molecular flexibility index (Phi) is 2.96. The molecule has 88 valence electrons. The van der Waals surface area contributed by atoms with Crippen LogP contribution in [0.2, 0.25) is 0 Å². The lowest BCUT2D eigenvalue weighted by Crippen LogP contribution is -2.29. The van der Waals surface area contributed by atoms with E-state index in [2.05, 4.69) is 15.5 Å². The summed E-state index contributed by atoms with van der Waals surface area (Å²) in [4.78, 5) is 11.7. The maximum Gasteiger partial charge on any atom is 0.226 e. The molecule has 4 N–H and O–H groups in total. The monoisotopic (exact) mass is 222 g/mol. The maximum absolute atomic E-state index is 11.7. The van der Waals surface area contributed by atoms with Gasteiger partial charge in [0.1, 0.15) is 0 Å². The van der Waals surface area contributed by atoms with Gasteiger partial charge in [0.25, 0.3) is 0 Å². The molecule has 5 nitrogen and oxygen atoms in total. The average molecular weight is 222 g/mol. The summed E-state index contributed by atoms with van der Waals surface area (Å²) in [6, 6.07) is 0.00696. The molecule has 1 aromatic heterocycles. The summed E-state index contributed by atoms with van der Waals surface area (Å²) in [5.41, 5.74) is 8.38. The van der Waals surface area contributed by atoms with E-state index >= 15 is 0 Å². The molecular formula is C11H18N4O. The van der Waals surface area contributed by atoms with Gasteiger partial charge in [-0.25, -0.2) is 0 Å². The van der Waals surface area contributed by atoms with Crippen molar-refractivity contribution in [3.63, 3.8) is 0 Å². The number of nitrogens with one attached hydrogen (secondary N) is 2. The molecule has 0 spiro atoms. The maximum atomic E-state index is 11.7. The zero-order chi connectivity index (χ0) is 11.7. The number of rotatable bonds is 4. The number of anilines is 1. The summed E-state index contributed by atoms with van der Waals surface area (Å²) in [6.07, 6.45) is 2.73. The Morgan fingerprint density at radius 3 is 2.81 bits per heavy atom. The lowest BCUT2D eigenvalue weighted by atomic mass is 10.1. The second-order valence-electron chi connectivity index (χ2n) is 4.56. The Hall–Kier alpha value is -1.36. The number of carbonyl (C=O) groups is 1. The van der Waals surface area contributed by atoms with Crippen LogP contribution in [-0.2, 0) is 4.79 Å². The molecule has 0 aliphatic heterocycles. The summed E-state index contributed by atoms with van der Waals surface area (Å²) >= 11 is 0. The summed E-state index contributed by atoms with van der Waals surface area (Å²) in [7, 11) is 0. The zero-order valence-electron chi connectivity index (χ0n) is 9.71. The topological polar surface area (TPSA) is 83.8 Å². The number of aryl methyl sites for hydroxylation is 2. The number of amides is 1. The van der Waals surface area contributed by atoms with Gasteiger partial charge in [-0.1, -0.05) is 0 Å². The first-order valence-electron chi connectivity index (χ1n) is 5.65. The Morgan fingerprint density at radius 1 is 1.62 bits per heavy atom. The third kappa shape index (κ3) is 2.41. The molecule has 0 aromatic carbocycles. The largest absolute Gasteiger partial charge is 0.327 e. The van der Waals surface area contributed by atoms with Crippen molar-refractivity contribution in [3.05, 3.63) is 11.4 Å². The lowest BCUT2D eigenvalue weighted by Gasteiger charge is -2.10. The van der Waals surface area contributed by atoms with Crippen LogP contribution in [0.25, 0.3) is 0 Å². The lowest BCUT2D eigenvalue weighted by molar-refractivity contribution is -0.116. The summed E-state index contributed by atoms with van der Waals surface area (Å²) in [6.45, 7) is 3.75. The number of aromatic amines is 1. The van der Waals surface area contributed by atoms with E-state index in [1.807, 2.05) is 13.8 Å². The number of nitrogens with zero attached hydrogens (tertiary/aromatic N) is 1. The van der Waals surface area contributed by atoms with Gasteiger partial charge in [-0.2, -0.15) is 5.10 Å². The molecule has 2 rings (SSSR count). The molecule has 0 bridgehead atoms. The van der Waals surface area contributed by atoms with Crippen LogP contribution < -0.4 is 11.1 Å². The van der Waals surface area contributed by atoms with Crippen molar-refractivity contribution in [3.8, 4) is 0 Å². The zero-order valence-corrected chi connectivity index (χ0v) is 9.71. The highest BCUT2D eigenvalue weighted by Crippen LogP contribution is 2.32. The van der Waals surface area contributed by atoms with E-state index in [9.17, 15) is 4.79 Å². The van der Waals surface area contributed by atoms with Crippen LogP contribution in [0, 0.1) is 19.8 Å². The van der Waals surface area contributed by atoms with Crippen LogP contribution in [0.5, 0.6) is 0 Å². The molecule has 16 heavy (non-hydrogen) atoms. The van der Waals surface area contributed by atoms with E-state index in [4.69, 9.17) is 5.73 Å². The van der Waals surface area contributed by atoms with Crippen molar-refractivity contribution < 1.29 is 4.79 Å². The fraction of sp³-hybridized carbons (Fsp3) is 0.636. The van der Waals surface area contributed by atoms with E-state index < -0.39 is 0 Å². The van der Waals surface area contributed by atoms with Gasteiger partial charge < -0.3 is 11.1 Å². The van der Waals surface area contributed by atoms with Crippen LogP contribution in [-0.4, -0.2) is 22.1 Å². The van der Waals surface area contributed by atoms with Crippen molar-refractivity contribution in [1.82, 2.24) is 10.2 Å². The quantitative estimate of drug-likeness (QED) is 0.713. The minimum Gasteiger partial charge on any atom is -0.327 e. The molecule has 5 heteroatoms. The summed E-state index contributed by atoms with van der Waals surface area (Å²) < 4.78 is 0. The van der Waals surface area contributed by atoms with Crippen LogP contribution in [0.15, 0.2) is 0 Å². The minimum atomic E-state index is -0.0213. The normalized spacial score (nSPS) is 17.2. The number of hydrogen-bond acceptors (Lipinski definition) is 3. The second-order valence-corrected chi connectivity index (χ2v) is 4.56. The van der Waals surface area contributed by atoms with E-state index in [1.165, 1.54) is 0 Å². The second kappa shape index (κ2) is 4.25. The van der Waals surface area contributed by atoms with Gasteiger partial charge >= 0.3 is 0 Å². The predicted molar refractivity (Wildman–Crippen MR) is 62.0 cm³/mol. The van der Waals surface area contributed by atoms with Crippen molar-refractivity contribution in [2.75, 3.05) is 5.32 Å². The molecule has 1 aliphatic carbocycles. The van der Waals surface area contributed by atoms with Crippen LogP contribution in [0.4, 0.5) is 5.69 Å². The molecule has 1 fully saturated rings. The Morgan fingerprint density at radius 2 is 2.31 bits per heavy atom. The van der Waals surface area contributed by atoms with Gasteiger partial charge in [0.2, 0.25) is 5.91 Å². The fourth-order valence-corrected chi connectivity index (χ4v) is 1.83. The third-order valence-electron chi connectivity index (χ3n) is 3.04. The summed E-state index contributed by atoms with van der Waals surface area (Å²) in [5.74, 6) is 0.532. The smallest absolute Gasteiger partial charge is 0.226 e. The number of nitrogens with two attached hydrogens (primary N) is 1. The third-order valence-corrected chi connectivity index (χ3v) is 3.04. The van der Waals surface area contributed by atoms with Gasteiger partial charge in [-0.3, -0.25) is 9.89 Å². The Labute approximate surface area is 94.8 Å². The van der Waals surface area contributed by atoms with Crippen molar-refractivity contribution in [1.29, 1.82) is 0 Å². The van der Waals surface area contributed by atoms with Crippen molar-refractivity contribution >= 4 is 11.6 Å². The highest BCUT2D eigenvalue weighted by atomic mass is 16.1. The van der Waals surface area contributed by atoms with Crippen LogP contribution in [0.3, 0.4) is 0 Å². The summed E-state index contributed by atoms with van der Waals surface area (Å²) in [5, 5.41) is 9.72. The van der Waals surface area contributed by atoms with Crippen molar-refractivity contribution in [2.45, 2.75) is 39.2 Å². The van der Waals surface area contributed by atoms with E-state index in [-0.39, 0.29) is 11.9 Å². The van der Waals surface area contributed by atoms with Gasteiger partial charge in [0.15, 0.2) is 0 Å². The average Bonchev–Trinajstić information content (AvgIpc) is 3.01. The van der Waals surface area contributed by atoms with E-state index in [0.29, 0.717) is 12.3 Å². The van der Waals surface area contributed by atoms with E-state index in [0.717, 1.165) is 29.9 Å². The molecule has 0 saturated heterocycles. The van der Waals surface area contributed by atoms with Crippen LogP contribution in [0.1, 0.15) is 30.7 Å². The molecule has 1 aromatic rings. The highest BCUT2D eigenvalue weighted by molar-refractivity contribution is 5.92. The predicted octanol–water partition coefficient (Wildman–Crippen LogP) is 1.09. The standard InChI is InChI=1S/C11H18N4O/c1-6-11(7(2)15-14-6)13-10(16)5-9(12)8-3-4-8/h8-9H,3-5,12H2,1-2H3,(H,13,16)(H,14,15). The van der Waals surface area contributed by atoms with Gasteiger partial charge in [-0.05, 0) is 32.6 Å². The number of carbonyl (C=O) groups excluding carboxylic acids is 1. The first-order valence-corrected chi connectivity index (χ1v) is 5.65. The molecule has 1 atom stereocenters. The molecule has 1 amide bonds. The molecule has 0 radical (unpaired) electrons. The van der Waals surface area contributed by atoms with E-state index in [1.54, 1.807) is 0 Å². The molecule has 1 heterocycles. The Bertz CT molecular complexity index is 375. The highest BCUT2D eigenvalue weighted by Gasteiger charge is 2.29. The minimum absolute atomic E-state index is 0.00696. The number of aromatic nitrogens is 2. The van der Waals surface area contributed by atoms with Gasteiger partial charge in [-0.15, -0.1) is 0 Å². The molecular weight excluding hydrogens is 204 g/mol. The van der Waals surface area contributed by atoms with Gasteiger partial charge in [0.05, 0.1) is 17.1 Å². The molecule has 1 unspecified atom stereocenters. The first-order chi connectivity index (χ1) is 7.58. The molecule has 1 aliphatic rings. The van der Waals surface area contributed by atoms with Crippen molar-refractivity contribution in [2.24, 2.45) is 11.7 Å². The number of H-pyrrole nitrogens is 1. The first kappa shape index (κ1) is 11.1. The Balaban J connectivity index is 1.91. The SMILES string of the molecule is Cc1n[nH]c(C)c1NC(=O)CC(N)C1CC1.